The molecule has 4 aliphatic rings. The van der Waals surface area contributed by atoms with E-state index in [4.69, 9.17) is 4.74 Å². The van der Waals surface area contributed by atoms with Crippen molar-refractivity contribution in [2.75, 3.05) is 6.61 Å². The van der Waals surface area contributed by atoms with E-state index in [1.807, 2.05) is 6.92 Å². The van der Waals surface area contributed by atoms with Gasteiger partial charge in [0.2, 0.25) is 0 Å². The van der Waals surface area contributed by atoms with Crippen LogP contribution in [0, 0.1) is 34.5 Å². The highest BCUT2D eigenvalue weighted by Crippen LogP contribution is 2.68. The minimum absolute atomic E-state index is 0.183. The van der Waals surface area contributed by atoms with E-state index in [0.29, 0.717) is 29.9 Å². The van der Waals surface area contributed by atoms with Crippen LogP contribution < -0.4 is 0 Å². The second-order valence-corrected chi connectivity index (χ2v) is 10.2. The van der Waals surface area contributed by atoms with Crippen LogP contribution in [0.4, 0.5) is 13.2 Å². The van der Waals surface area contributed by atoms with Crippen LogP contribution in [0.5, 0.6) is 0 Å². The molecule has 0 aromatic heterocycles. The highest BCUT2D eigenvalue weighted by Gasteiger charge is 2.60. The van der Waals surface area contributed by atoms with Crippen molar-refractivity contribution in [2.24, 2.45) is 34.5 Å². The van der Waals surface area contributed by atoms with Crippen LogP contribution in [0.2, 0.25) is 0 Å². The maximum atomic E-state index is 14.2. The second kappa shape index (κ2) is 6.80. The van der Waals surface area contributed by atoms with Crippen molar-refractivity contribution in [3.63, 3.8) is 0 Å². The molecular formula is C24H35F3O. The molecule has 0 radical (unpaired) electrons. The van der Waals surface area contributed by atoms with Crippen LogP contribution in [-0.2, 0) is 4.74 Å². The Bertz CT molecular complexity index is 690. The molecule has 4 heteroatoms. The van der Waals surface area contributed by atoms with Crippen LogP contribution >= 0.6 is 0 Å². The molecule has 2 saturated carbocycles. The summed E-state index contributed by atoms with van der Waals surface area (Å²) < 4.78 is 48.3. The Kier molecular flexibility index (Phi) is 4.94. The number of hydrogen-bond acceptors (Lipinski definition) is 1. The molecular weight excluding hydrogens is 361 g/mol. The van der Waals surface area contributed by atoms with Gasteiger partial charge in [0.15, 0.2) is 0 Å². The Morgan fingerprint density at radius 3 is 2.46 bits per heavy atom. The molecule has 0 spiro atoms. The minimum atomic E-state index is -4.25. The average molecular weight is 397 g/mol. The number of hydrogen-bond donors (Lipinski definition) is 0. The molecule has 4 rings (SSSR count). The summed E-state index contributed by atoms with van der Waals surface area (Å²) in [5.74, 6) is 2.43. The van der Waals surface area contributed by atoms with E-state index in [0.717, 1.165) is 37.9 Å². The first-order valence-corrected chi connectivity index (χ1v) is 11.3. The summed E-state index contributed by atoms with van der Waals surface area (Å²) in [6.07, 6.45) is 5.03. The highest BCUT2D eigenvalue weighted by molar-refractivity contribution is 5.42. The maximum absolute atomic E-state index is 14.2. The van der Waals surface area contributed by atoms with Crippen LogP contribution in [0.25, 0.3) is 0 Å². The standard InChI is InChI=1S/C24H35F3O/c1-5-15-7-8-18-17-14-21(24(25,26)27)20-13-16(28-6-2)9-11-23(20,4)19(17)10-12-22(15,18)3/h13,15,17-19H,5-12,14H2,1-4H3/t15-,17-,18-,19-,22+,23+/m0/s1. The summed E-state index contributed by atoms with van der Waals surface area (Å²) in [5, 5.41) is 0. The lowest BCUT2D eigenvalue weighted by Crippen LogP contribution is -2.51. The molecule has 0 N–H and O–H groups in total. The molecule has 4 aliphatic carbocycles. The lowest BCUT2D eigenvalue weighted by atomic mass is 9.47. The molecule has 0 heterocycles. The first-order chi connectivity index (χ1) is 13.1. The first kappa shape index (κ1) is 20.3. The van der Waals surface area contributed by atoms with Crippen molar-refractivity contribution >= 4 is 0 Å². The van der Waals surface area contributed by atoms with Crippen molar-refractivity contribution in [1.29, 1.82) is 0 Å². The third-order valence-electron chi connectivity index (χ3n) is 9.19. The van der Waals surface area contributed by atoms with Gasteiger partial charge in [0.1, 0.15) is 0 Å². The second-order valence-electron chi connectivity index (χ2n) is 10.2. The number of rotatable bonds is 3. The van der Waals surface area contributed by atoms with E-state index in [1.165, 1.54) is 12.8 Å². The van der Waals surface area contributed by atoms with Crippen LogP contribution in [0.3, 0.4) is 0 Å². The summed E-state index contributed by atoms with van der Waals surface area (Å²) in [4.78, 5) is 0. The smallest absolute Gasteiger partial charge is 0.412 e. The number of allylic oxidation sites excluding steroid dienone is 4. The van der Waals surface area contributed by atoms with Gasteiger partial charge in [0.25, 0.3) is 0 Å². The summed E-state index contributed by atoms with van der Waals surface area (Å²) >= 11 is 0. The van der Waals surface area contributed by atoms with Gasteiger partial charge in [-0.25, -0.2) is 0 Å². The molecule has 28 heavy (non-hydrogen) atoms. The van der Waals surface area contributed by atoms with E-state index in [9.17, 15) is 13.2 Å². The predicted octanol–water partition coefficient (Wildman–Crippen LogP) is 7.44. The molecule has 0 bridgehead atoms. The summed E-state index contributed by atoms with van der Waals surface area (Å²) in [7, 11) is 0. The lowest BCUT2D eigenvalue weighted by molar-refractivity contribution is -0.113. The zero-order chi connectivity index (χ0) is 20.3. The topological polar surface area (TPSA) is 9.23 Å². The predicted molar refractivity (Wildman–Crippen MR) is 106 cm³/mol. The average Bonchev–Trinajstić information content (AvgIpc) is 2.97. The van der Waals surface area contributed by atoms with Gasteiger partial charge < -0.3 is 4.74 Å². The Morgan fingerprint density at radius 2 is 1.82 bits per heavy atom. The molecule has 0 amide bonds. The quantitative estimate of drug-likeness (QED) is 0.482. The van der Waals surface area contributed by atoms with Crippen LogP contribution in [0.1, 0.15) is 79.1 Å². The summed E-state index contributed by atoms with van der Waals surface area (Å²) in [5.41, 5.74) is 0.170. The van der Waals surface area contributed by atoms with E-state index < -0.39 is 6.18 Å². The number of ether oxygens (including phenoxy) is 1. The largest absolute Gasteiger partial charge is 0.498 e. The van der Waals surface area contributed by atoms with Gasteiger partial charge in [-0.1, -0.05) is 27.2 Å². The third-order valence-corrected chi connectivity index (χ3v) is 9.19. The van der Waals surface area contributed by atoms with Crippen molar-refractivity contribution in [3.8, 4) is 0 Å². The molecule has 2 fully saturated rings. The molecule has 0 aromatic carbocycles. The van der Waals surface area contributed by atoms with Gasteiger partial charge in [-0.15, -0.1) is 0 Å². The Labute approximate surface area is 167 Å². The van der Waals surface area contributed by atoms with Crippen molar-refractivity contribution in [1.82, 2.24) is 0 Å². The van der Waals surface area contributed by atoms with E-state index in [1.54, 1.807) is 6.08 Å². The normalized spacial score (nSPS) is 43.2. The molecule has 0 saturated heterocycles. The van der Waals surface area contributed by atoms with Gasteiger partial charge >= 0.3 is 6.18 Å². The van der Waals surface area contributed by atoms with Crippen LogP contribution in [0.15, 0.2) is 23.0 Å². The Hall–Kier alpha value is -0.930. The Balaban J connectivity index is 1.79. The van der Waals surface area contributed by atoms with E-state index in [2.05, 4.69) is 20.8 Å². The fourth-order valence-corrected chi connectivity index (χ4v) is 7.79. The molecule has 0 aromatic rings. The monoisotopic (exact) mass is 396 g/mol. The zero-order valence-electron chi connectivity index (χ0n) is 17.8. The molecule has 1 nitrogen and oxygen atoms in total. The van der Waals surface area contributed by atoms with Crippen LogP contribution in [-0.4, -0.2) is 12.8 Å². The highest BCUT2D eigenvalue weighted by atomic mass is 19.4. The van der Waals surface area contributed by atoms with E-state index >= 15 is 0 Å². The third kappa shape index (κ3) is 2.88. The number of fused-ring (bicyclic) bond motifs is 5. The lowest BCUT2D eigenvalue weighted by Gasteiger charge is -2.58. The SMILES string of the molecule is CCOC1=CC2=C(C(F)(F)F)C[C@H]3[C@@H]4CC[C@H](CC)[C@@]4(C)CC[C@@H]3[C@@]2(C)CC1. The first-order valence-electron chi connectivity index (χ1n) is 11.3. The molecule has 158 valence electrons. The summed E-state index contributed by atoms with van der Waals surface area (Å²) in [6, 6.07) is 0. The van der Waals surface area contributed by atoms with Gasteiger partial charge in [-0.3, -0.25) is 0 Å². The maximum Gasteiger partial charge on any atom is 0.412 e. The van der Waals surface area contributed by atoms with Gasteiger partial charge in [0, 0.05) is 12.0 Å². The van der Waals surface area contributed by atoms with E-state index in [-0.39, 0.29) is 28.7 Å². The fraction of sp³-hybridized carbons (Fsp3) is 0.833. The van der Waals surface area contributed by atoms with Crippen molar-refractivity contribution < 1.29 is 17.9 Å². The summed E-state index contributed by atoms with van der Waals surface area (Å²) in [6.45, 7) is 9.18. The van der Waals surface area contributed by atoms with Gasteiger partial charge in [0.05, 0.1) is 12.4 Å². The van der Waals surface area contributed by atoms with Crippen molar-refractivity contribution in [2.45, 2.75) is 85.2 Å². The molecule has 6 atom stereocenters. The molecule has 0 aliphatic heterocycles. The number of alkyl halides is 3. The number of halogens is 3. The molecule has 0 unspecified atom stereocenters. The Morgan fingerprint density at radius 1 is 1.07 bits per heavy atom. The minimum Gasteiger partial charge on any atom is -0.498 e. The van der Waals surface area contributed by atoms with Crippen molar-refractivity contribution in [3.05, 3.63) is 23.0 Å². The van der Waals surface area contributed by atoms with Gasteiger partial charge in [-0.05, 0) is 91.6 Å². The zero-order valence-corrected chi connectivity index (χ0v) is 17.8. The fourth-order valence-electron chi connectivity index (χ4n) is 7.79. The van der Waals surface area contributed by atoms with Gasteiger partial charge in [-0.2, -0.15) is 13.2 Å².